The van der Waals surface area contributed by atoms with E-state index in [9.17, 15) is 9.18 Å². The quantitative estimate of drug-likeness (QED) is 0.867. The first-order chi connectivity index (χ1) is 12.5. The molecule has 26 heavy (non-hydrogen) atoms. The van der Waals surface area contributed by atoms with E-state index in [2.05, 4.69) is 18.3 Å². The standard InChI is InChI=1S/C22H27FN2O/c1-4-15-9-10-19(23)18(13-15)16-7-6-8-17(14-16)20-11-12-21(24-20)22(26)25(3)5-2/h6-10,13-14,20-21,24H,4-5,11-12H2,1-3H3. The monoisotopic (exact) mass is 354 g/mol. The molecule has 1 N–H and O–H groups in total. The first kappa shape index (κ1) is 18.6. The molecular weight excluding hydrogens is 327 g/mol. The SMILES string of the molecule is CCc1ccc(F)c(-c2cccc(C3CCC(C(=O)N(C)CC)N3)c2)c1. The van der Waals surface area contributed by atoms with Gasteiger partial charge >= 0.3 is 0 Å². The Kier molecular flexibility index (Phi) is 5.72. The summed E-state index contributed by atoms with van der Waals surface area (Å²) in [6, 6.07) is 13.3. The number of nitrogens with one attached hydrogen (secondary N) is 1. The molecule has 2 aromatic rings. The van der Waals surface area contributed by atoms with E-state index in [0.717, 1.165) is 36.0 Å². The van der Waals surface area contributed by atoms with Gasteiger partial charge in [0.1, 0.15) is 5.82 Å². The third kappa shape index (κ3) is 3.80. The molecule has 0 bridgehead atoms. The Morgan fingerprint density at radius 2 is 2.00 bits per heavy atom. The Labute approximate surface area is 155 Å². The highest BCUT2D eigenvalue weighted by Gasteiger charge is 2.31. The Hall–Kier alpha value is -2.20. The number of likely N-dealkylation sites (N-methyl/N-ethyl adjacent to an activating group) is 1. The van der Waals surface area contributed by atoms with Crippen LogP contribution in [0.4, 0.5) is 4.39 Å². The molecule has 0 spiro atoms. The van der Waals surface area contributed by atoms with Gasteiger partial charge in [0.15, 0.2) is 0 Å². The van der Waals surface area contributed by atoms with Gasteiger partial charge in [-0.1, -0.05) is 31.2 Å². The highest BCUT2D eigenvalue weighted by Crippen LogP contribution is 2.31. The highest BCUT2D eigenvalue weighted by atomic mass is 19.1. The number of carbonyl (C=O) groups excluding carboxylic acids is 1. The summed E-state index contributed by atoms with van der Waals surface area (Å²) in [4.78, 5) is 14.1. The molecule has 3 nitrogen and oxygen atoms in total. The molecule has 2 aromatic carbocycles. The van der Waals surface area contributed by atoms with Crippen LogP contribution < -0.4 is 5.32 Å². The van der Waals surface area contributed by atoms with Crippen molar-refractivity contribution in [2.75, 3.05) is 13.6 Å². The van der Waals surface area contributed by atoms with E-state index in [1.165, 1.54) is 0 Å². The van der Waals surface area contributed by atoms with Gasteiger partial charge in [0.25, 0.3) is 0 Å². The molecule has 0 aromatic heterocycles. The predicted molar refractivity (Wildman–Crippen MR) is 103 cm³/mol. The van der Waals surface area contributed by atoms with Crippen molar-refractivity contribution in [3.63, 3.8) is 0 Å². The molecule has 1 aliphatic rings. The lowest BCUT2D eigenvalue weighted by atomic mass is 9.97. The number of aryl methyl sites for hydroxylation is 1. The maximum Gasteiger partial charge on any atom is 0.239 e. The molecular formula is C22H27FN2O. The number of halogens is 1. The first-order valence-corrected chi connectivity index (χ1v) is 9.43. The van der Waals surface area contributed by atoms with Gasteiger partial charge < -0.3 is 4.90 Å². The summed E-state index contributed by atoms with van der Waals surface area (Å²) in [5, 5.41) is 3.45. The minimum absolute atomic E-state index is 0.131. The summed E-state index contributed by atoms with van der Waals surface area (Å²) in [7, 11) is 1.83. The Morgan fingerprint density at radius 1 is 1.19 bits per heavy atom. The zero-order valence-electron chi connectivity index (χ0n) is 15.8. The number of hydrogen-bond donors (Lipinski definition) is 1. The van der Waals surface area contributed by atoms with Crippen LogP contribution in [0.5, 0.6) is 0 Å². The molecule has 0 aliphatic carbocycles. The van der Waals surface area contributed by atoms with Gasteiger partial charge in [-0.3, -0.25) is 10.1 Å². The van der Waals surface area contributed by atoms with Gasteiger partial charge in [-0.25, -0.2) is 4.39 Å². The van der Waals surface area contributed by atoms with Crippen LogP contribution in [0.15, 0.2) is 42.5 Å². The minimum Gasteiger partial charge on any atom is -0.345 e. The summed E-state index contributed by atoms with van der Waals surface area (Å²) in [6.45, 7) is 4.76. The average Bonchev–Trinajstić information content (AvgIpc) is 3.17. The van der Waals surface area contributed by atoms with Crippen LogP contribution in [0.3, 0.4) is 0 Å². The Balaban J connectivity index is 1.82. The Bertz CT molecular complexity index is 789. The smallest absolute Gasteiger partial charge is 0.239 e. The lowest BCUT2D eigenvalue weighted by Gasteiger charge is -2.20. The van der Waals surface area contributed by atoms with E-state index < -0.39 is 0 Å². The summed E-state index contributed by atoms with van der Waals surface area (Å²) in [5.41, 5.74) is 3.76. The summed E-state index contributed by atoms with van der Waals surface area (Å²) in [6.07, 6.45) is 2.62. The molecule has 1 saturated heterocycles. The van der Waals surface area contributed by atoms with E-state index in [1.54, 1.807) is 11.0 Å². The molecule has 0 radical (unpaired) electrons. The number of hydrogen-bond acceptors (Lipinski definition) is 2. The second-order valence-corrected chi connectivity index (χ2v) is 6.99. The van der Waals surface area contributed by atoms with Gasteiger partial charge in [0, 0.05) is 25.2 Å². The average molecular weight is 354 g/mol. The Morgan fingerprint density at radius 3 is 2.73 bits per heavy atom. The second-order valence-electron chi connectivity index (χ2n) is 6.99. The van der Waals surface area contributed by atoms with E-state index >= 15 is 0 Å². The number of rotatable bonds is 5. The van der Waals surface area contributed by atoms with Gasteiger partial charge in [-0.2, -0.15) is 0 Å². The zero-order valence-corrected chi connectivity index (χ0v) is 15.8. The maximum atomic E-state index is 14.3. The summed E-state index contributed by atoms with van der Waals surface area (Å²) >= 11 is 0. The van der Waals surface area contributed by atoms with Crippen molar-refractivity contribution in [1.29, 1.82) is 0 Å². The van der Waals surface area contributed by atoms with Gasteiger partial charge in [-0.15, -0.1) is 0 Å². The van der Waals surface area contributed by atoms with Crippen molar-refractivity contribution >= 4 is 5.91 Å². The normalized spacial score (nSPS) is 19.5. The lowest BCUT2D eigenvalue weighted by Crippen LogP contribution is -2.41. The van der Waals surface area contributed by atoms with Crippen LogP contribution >= 0.6 is 0 Å². The number of carbonyl (C=O) groups is 1. The van der Waals surface area contributed by atoms with Gasteiger partial charge in [-0.05, 0) is 61.1 Å². The fourth-order valence-corrected chi connectivity index (χ4v) is 3.56. The molecule has 2 unspecified atom stereocenters. The maximum absolute atomic E-state index is 14.3. The number of amides is 1. The van der Waals surface area contributed by atoms with Crippen LogP contribution in [-0.2, 0) is 11.2 Å². The van der Waals surface area contributed by atoms with Crippen LogP contribution in [0, 0.1) is 5.82 Å². The molecule has 1 amide bonds. The van der Waals surface area contributed by atoms with Crippen molar-refractivity contribution in [3.8, 4) is 11.1 Å². The van der Waals surface area contributed by atoms with E-state index in [1.807, 2.05) is 44.3 Å². The van der Waals surface area contributed by atoms with Crippen LogP contribution in [-0.4, -0.2) is 30.4 Å². The topological polar surface area (TPSA) is 32.3 Å². The van der Waals surface area contributed by atoms with E-state index in [4.69, 9.17) is 0 Å². The predicted octanol–water partition coefficient (Wildman–Crippen LogP) is 4.33. The van der Waals surface area contributed by atoms with Crippen LogP contribution in [0.2, 0.25) is 0 Å². The first-order valence-electron chi connectivity index (χ1n) is 9.43. The number of nitrogens with zero attached hydrogens (tertiary/aromatic N) is 1. The van der Waals surface area contributed by atoms with Gasteiger partial charge in [0.2, 0.25) is 5.91 Å². The molecule has 1 aliphatic heterocycles. The molecule has 1 fully saturated rings. The second kappa shape index (κ2) is 8.00. The molecule has 2 atom stereocenters. The third-order valence-electron chi connectivity index (χ3n) is 5.33. The third-order valence-corrected chi connectivity index (χ3v) is 5.33. The largest absolute Gasteiger partial charge is 0.345 e. The van der Waals surface area contributed by atoms with Crippen molar-refractivity contribution in [2.45, 2.75) is 45.2 Å². The van der Waals surface area contributed by atoms with Crippen molar-refractivity contribution < 1.29 is 9.18 Å². The van der Waals surface area contributed by atoms with Crippen molar-refractivity contribution in [2.24, 2.45) is 0 Å². The molecule has 3 rings (SSSR count). The molecule has 4 heteroatoms. The minimum atomic E-state index is -0.198. The fourth-order valence-electron chi connectivity index (χ4n) is 3.56. The molecule has 0 saturated carbocycles. The summed E-state index contributed by atoms with van der Waals surface area (Å²) in [5.74, 6) is -0.0517. The summed E-state index contributed by atoms with van der Waals surface area (Å²) < 4.78 is 14.3. The fraction of sp³-hybridized carbons (Fsp3) is 0.409. The van der Waals surface area contributed by atoms with Gasteiger partial charge in [0.05, 0.1) is 6.04 Å². The molecule has 138 valence electrons. The number of benzene rings is 2. The zero-order chi connectivity index (χ0) is 18.7. The van der Waals surface area contributed by atoms with Crippen LogP contribution in [0.1, 0.15) is 43.9 Å². The lowest BCUT2D eigenvalue weighted by molar-refractivity contribution is -0.131. The molecule has 1 heterocycles. The van der Waals surface area contributed by atoms with Crippen LogP contribution in [0.25, 0.3) is 11.1 Å². The van der Waals surface area contributed by atoms with Crippen molar-refractivity contribution in [1.82, 2.24) is 10.2 Å². The highest BCUT2D eigenvalue weighted by molar-refractivity contribution is 5.82. The van der Waals surface area contributed by atoms with E-state index in [-0.39, 0.29) is 23.8 Å². The van der Waals surface area contributed by atoms with Crippen molar-refractivity contribution in [3.05, 3.63) is 59.4 Å². The van der Waals surface area contributed by atoms with E-state index in [0.29, 0.717) is 12.1 Å².